The Morgan fingerprint density at radius 1 is 1.13 bits per heavy atom. The molecule has 1 atom stereocenters. The Labute approximate surface area is 182 Å². The van der Waals surface area contributed by atoms with Crippen LogP contribution < -0.4 is 4.74 Å². The van der Waals surface area contributed by atoms with E-state index in [0.29, 0.717) is 23.1 Å². The van der Waals surface area contributed by atoms with Crippen LogP contribution in [0.25, 0.3) is 10.9 Å². The first kappa shape index (κ1) is 19.6. The van der Waals surface area contributed by atoms with Crippen LogP contribution in [-0.2, 0) is 11.2 Å². The van der Waals surface area contributed by atoms with Gasteiger partial charge < -0.3 is 4.74 Å². The van der Waals surface area contributed by atoms with Crippen LogP contribution in [0, 0.1) is 11.3 Å². The summed E-state index contributed by atoms with van der Waals surface area (Å²) < 4.78 is 5.43. The number of nitrogens with zero attached hydrogens (tertiary/aromatic N) is 1. The summed E-state index contributed by atoms with van der Waals surface area (Å²) in [4.78, 5) is 17.4. The number of fused-ring (bicyclic) bond motifs is 1. The molecule has 0 bridgehead atoms. The number of methoxy groups -OCH3 is 1. The molecule has 2 fully saturated rings. The number of benzene rings is 2. The Morgan fingerprint density at radius 2 is 1.90 bits per heavy atom. The third-order valence-electron chi connectivity index (χ3n) is 7.27. The lowest BCUT2D eigenvalue weighted by atomic mass is 9.74. The van der Waals surface area contributed by atoms with Gasteiger partial charge in [-0.2, -0.15) is 0 Å². The summed E-state index contributed by atoms with van der Waals surface area (Å²) in [6, 6.07) is 15.9. The molecule has 1 aromatic heterocycles. The van der Waals surface area contributed by atoms with Crippen molar-refractivity contribution < 1.29 is 9.53 Å². The molecule has 0 aliphatic heterocycles. The molecule has 2 aliphatic carbocycles. The van der Waals surface area contributed by atoms with Crippen LogP contribution in [0.2, 0.25) is 5.02 Å². The van der Waals surface area contributed by atoms with E-state index >= 15 is 0 Å². The van der Waals surface area contributed by atoms with Gasteiger partial charge in [0.2, 0.25) is 0 Å². The van der Waals surface area contributed by atoms with Gasteiger partial charge in [0, 0.05) is 28.9 Å². The van der Waals surface area contributed by atoms with Crippen molar-refractivity contribution in [2.24, 2.45) is 11.3 Å². The highest BCUT2D eigenvalue weighted by Crippen LogP contribution is 2.63. The highest BCUT2D eigenvalue weighted by Gasteiger charge is 2.57. The van der Waals surface area contributed by atoms with E-state index in [4.69, 9.17) is 16.3 Å². The van der Waals surface area contributed by atoms with Gasteiger partial charge in [-0.15, -0.1) is 0 Å². The fourth-order valence-corrected chi connectivity index (χ4v) is 5.54. The largest absolute Gasteiger partial charge is 0.497 e. The molecule has 0 saturated heterocycles. The number of Topliss-reactive ketones (excluding diaryl/α,β-unsaturated/α-hetero) is 1. The maximum atomic E-state index is 12.9. The lowest BCUT2D eigenvalue weighted by molar-refractivity contribution is -0.120. The Bertz CT molecular complexity index is 1080. The fraction of sp³-hybridized carbons (Fsp3) is 0.385. The molecule has 1 spiro atoms. The molecule has 3 nitrogen and oxygen atoms in total. The Balaban J connectivity index is 1.27. The smallest absolute Gasteiger partial charge is 0.140 e. The van der Waals surface area contributed by atoms with Gasteiger partial charge in [-0.05, 0) is 91.0 Å². The van der Waals surface area contributed by atoms with E-state index in [1.54, 1.807) is 7.11 Å². The minimum Gasteiger partial charge on any atom is -0.497 e. The summed E-state index contributed by atoms with van der Waals surface area (Å²) in [5.74, 6) is 2.04. The SMILES string of the molecule is COc1ccc2nccc(C3CCC4(CC3)C[C@@H]4C(=O)Cc3ccc(Cl)cc3)c2c1. The van der Waals surface area contributed by atoms with E-state index in [9.17, 15) is 4.79 Å². The number of ketones is 1. The van der Waals surface area contributed by atoms with E-state index in [0.717, 1.165) is 48.9 Å². The second-order valence-corrected chi connectivity index (χ2v) is 9.38. The number of hydrogen-bond donors (Lipinski definition) is 0. The van der Waals surface area contributed by atoms with Gasteiger partial charge >= 0.3 is 0 Å². The molecule has 2 aliphatic rings. The Morgan fingerprint density at radius 3 is 2.63 bits per heavy atom. The molecule has 2 aromatic carbocycles. The summed E-state index contributed by atoms with van der Waals surface area (Å²) in [7, 11) is 1.70. The lowest BCUT2D eigenvalue weighted by Gasteiger charge is -2.30. The van der Waals surface area contributed by atoms with Crippen molar-refractivity contribution in [1.29, 1.82) is 0 Å². The van der Waals surface area contributed by atoms with Crippen LogP contribution >= 0.6 is 11.6 Å². The summed E-state index contributed by atoms with van der Waals surface area (Å²) >= 11 is 5.96. The lowest BCUT2D eigenvalue weighted by Crippen LogP contribution is -2.20. The van der Waals surface area contributed by atoms with Gasteiger partial charge in [-0.25, -0.2) is 0 Å². The first-order valence-corrected chi connectivity index (χ1v) is 11.2. The van der Waals surface area contributed by atoms with Crippen molar-refractivity contribution in [3.63, 3.8) is 0 Å². The zero-order chi connectivity index (χ0) is 20.7. The number of carbonyl (C=O) groups is 1. The minimum atomic E-state index is 0.239. The zero-order valence-corrected chi connectivity index (χ0v) is 18.0. The molecule has 0 amide bonds. The van der Waals surface area contributed by atoms with E-state index in [-0.39, 0.29) is 11.3 Å². The molecule has 0 radical (unpaired) electrons. The van der Waals surface area contributed by atoms with Gasteiger partial charge in [-0.3, -0.25) is 9.78 Å². The van der Waals surface area contributed by atoms with E-state index in [2.05, 4.69) is 17.1 Å². The van der Waals surface area contributed by atoms with E-state index in [1.807, 2.05) is 42.6 Å². The molecule has 5 rings (SSSR count). The van der Waals surface area contributed by atoms with Crippen LogP contribution in [0.5, 0.6) is 5.75 Å². The maximum absolute atomic E-state index is 12.9. The molecule has 154 valence electrons. The second kappa shape index (κ2) is 7.70. The standard InChI is InChI=1S/C26H26ClNO2/c1-30-20-6-7-24-22(15-20)21(10-13-28-24)18-8-11-26(12-9-18)16-23(26)25(29)14-17-2-4-19(27)5-3-17/h2-7,10,13,15,18,23H,8-9,11-12,14,16H2,1H3/t18?,23-,26?/m1/s1. The second-order valence-electron chi connectivity index (χ2n) is 8.95. The third-order valence-corrected chi connectivity index (χ3v) is 7.53. The van der Waals surface area contributed by atoms with Crippen LogP contribution in [-0.4, -0.2) is 17.9 Å². The highest BCUT2D eigenvalue weighted by molar-refractivity contribution is 6.30. The van der Waals surface area contributed by atoms with Crippen LogP contribution in [0.4, 0.5) is 0 Å². The van der Waals surface area contributed by atoms with Crippen LogP contribution in [0.1, 0.15) is 49.1 Å². The first-order valence-electron chi connectivity index (χ1n) is 10.8. The molecule has 0 N–H and O–H groups in total. The predicted molar refractivity (Wildman–Crippen MR) is 120 cm³/mol. The number of pyridine rings is 1. The van der Waals surface area contributed by atoms with Crippen molar-refractivity contribution in [3.8, 4) is 5.75 Å². The zero-order valence-electron chi connectivity index (χ0n) is 17.2. The van der Waals surface area contributed by atoms with Gasteiger partial charge in [0.1, 0.15) is 11.5 Å². The fourth-order valence-electron chi connectivity index (χ4n) is 5.42. The average molecular weight is 420 g/mol. The monoisotopic (exact) mass is 419 g/mol. The maximum Gasteiger partial charge on any atom is 0.140 e. The number of hydrogen-bond acceptors (Lipinski definition) is 3. The van der Waals surface area contributed by atoms with Crippen molar-refractivity contribution in [2.75, 3.05) is 7.11 Å². The molecule has 2 saturated carbocycles. The predicted octanol–water partition coefficient (Wildman–Crippen LogP) is 6.37. The molecule has 3 aromatic rings. The summed E-state index contributed by atoms with van der Waals surface area (Å²) in [6.07, 6.45) is 8.08. The topological polar surface area (TPSA) is 39.2 Å². The van der Waals surface area contributed by atoms with Crippen LogP contribution in [0.3, 0.4) is 0 Å². The summed E-state index contributed by atoms with van der Waals surface area (Å²) in [6.45, 7) is 0. The minimum absolute atomic E-state index is 0.239. The van der Waals surface area contributed by atoms with Crippen LogP contribution in [0.15, 0.2) is 54.7 Å². The van der Waals surface area contributed by atoms with Crippen molar-refractivity contribution >= 4 is 28.3 Å². The third kappa shape index (κ3) is 3.60. The number of ether oxygens (including phenoxy) is 1. The van der Waals surface area contributed by atoms with E-state index in [1.165, 1.54) is 10.9 Å². The van der Waals surface area contributed by atoms with Crippen molar-refractivity contribution in [2.45, 2.75) is 44.4 Å². The molecule has 30 heavy (non-hydrogen) atoms. The van der Waals surface area contributed by atoms with Gasteiger partial charge in [0.15, 0.2) is 0 Å². The van der Waals surface area contributed by atoms with Crippen molar-refractivity contribution in [1.82, 2.24) is 4.98 Å². The number of carbonyl (C=O) groups excluding carboxylic acids is 1. The summed E-state index contributed by atoms with van der Waals surface area (Å²) in [5.41, 5.74) is 3.72. The first-order chi connectivity index (χ1) is 14.6. The van der Waals surface area contributed by atoms with Gasteiger partial charge in [-0.1, -0.05) is 23.7 Å². The number of halogens is 1. The molecule has 0 unspecified atom stereocenters. The number of rotatable bonds is 5. The molecule has 4 heteroatoms. The van der Waals surface area contributed by atoms with Gasteiger partial charge in [0.25, 0.3) is 0 Å². The Kier molecular flexibility index (Phi) is 5.02. The number of aromatic nitrogens is 1. The average Bonchev–Trinajstić information content (AvgIpc) is 3.48. The quantitative estimate of drug-likeness (QED) is 0.482. The van der Waals surface area contributed by atoms with Gasteiger partial charge in [0.05, 0.1) is 12.6 Å². The Hall–Kier alpha value is -2.39. The van der Waals surface area contributed by atoms with Crippen molar-refractivity contribution in [3.05, 3.63) is 70.9 Å². The highest BCUT2D eigenvalue weighted by atomic mass is 35.5. The summed E-state index contributed by atoms with van der Waals surface area (Å²) in [5, 5.41) is 1.91. The normalized spacial score (nSPS) is 25.4. The molecular formula is C26H26ClNO2. The molecular weight excluding hydrogens is 394 g/mol. The van der Waals surface area contributed by atoms with E-state index < -0.39 is 0 Å². The molecule has 1 heterocycles.